The largest absolute Gasteiger partial charge is 0.279 e. The van der Waals surface area contributed by atoms with Gasteiger partial charge in [-0.3, -0.25) is 39.6 Å². The molecule has 4 rings (SSSR count). The maximum atomic E-state index is 13.1. The van der Waals surface area contributed by atoms with Gasteiger partial charge in [-0.15, -0.1) is 0 Å². The molecule has 0 fully saturated rings. The lowest BCUT2D eigenvalue weighted by molar-refractivity contribution is -0.131. The van der Waals surface area contributed by atoms with Crippen LogP contribution in [0.5, 0.6) is 0 Å². The molecule has 2 N–H and O–H groups in total. The highest BCUT2D eigenvalue weighted by molar-refractivity contribution is 6.08. The van der Waals surface area contributed by atoms with Gasteiger partial charge in [0.2, 0.25) is 11.8 Å². The number of unbranched alkanes of at least 4 members (excludes halogenated alkanes) is 5. The van der Waals surface area contributed by atoms with Crippen molar-refractivity contribution < 1.29 is 28.8 Å². The molecular formula is C38H38N4O6. The van der Waals surface area contributed by atoms with Crippen LogP contribution >= 0.6 is 0 Å². The summed E-state index contributed by atoms with van der Waals surface area (Å²) in [6.07, 6.45) is 4.08. The number of carbonyl (C=O) groups is 6. The van der Waals surface area contributed by atoms with Crippen LogP contribution in [-0.2, 0) is 9.59 Å². The first-order chi connectivity index (χ1) is 23.3. The van der Waals surface area contributed by atoms with Crippen molar-refractivity contribution in [3.05, 3.63) is 144 Å². The zero-order chi connectivity index (χ0) is 34.1. The molecule has 0 aliphatic rings. The highest BCUT2D eigenvalue weighted by atomic mass is 16.2. The third-order valence-corrected chi connectivity index (χ3v) is 7.48. The summed E-state index contributed by atoms with van der Waals surface area (Å²) in [6.45, 7) is 0. The molecule has 246 valence electrons. The average molecular weight is 647 g/mol. The Kier molecular flexibility index (Phi) is 13.3. The fourth-order valence-corrected chi connectivity index (χ4v) is 4.87. The molecule has 10 nitrogen and oxygen atoms in total. The minimum atomic E-state index is -0.616. The molecule has 6 amide bonds. The summed E-state index contributed by atoms with van der Waals surface area (Å²) in [5.41, 5.74) is 6.13. The molecule has 0 saturated heterocycles. The first-order valence-corrected chi connectivity index (χ1v) is 15.9. The lowest BCUT2D eigenvalue weighted by atomic mass is 10.1. The molecular weight excluding hydrogens is 608 g/mol. The van der Waals surface area contributed by atoms with Crippen LogP contribution in [0.15, 0.2) is 121 Å². The van der Waals surface area contributed by atoms with E-state index in [0.717, 1.165) is 22.9 Å². The SMILES string of the molecule is O=C(NN(C(=O)CCCCCCCCC(=O)N(NC(=O)c1ccccc1)C(=O)c1ccccc1)C(=O)c1ccccc1)c1ccccc1. The molecule has 0 spiro atoms. The first kappa shape index (κ1) is 35.0. The first-order valence-electron chi connectivity index (χ1n) is 15.9. The van der Waals surface area contributed by atoms with Gasteiger partial charge in [0.1, 0.15) is 0 Å². The number of rotatable bonds is 13. The van der Waals surface area contributed by atoms with Crippen LogP contribution in [0.3, 0.4) is 0 Å². The van der Waals surface area contributed by atoms with Gasteiger partial charge in [0.05, 0.1) is 0 Å². The monoisotopic (exact) mass is 646 g/mol. The molecule has 0 aromatic heterocycles. The van der Waals surface area contributed by atoms with E-state index in [1.54, 1.807) is 121 Å². The summed E-state index contributed by atoms with van der Waals surface area (Å²) in [5, 5.41) is 1.57. The van der Waals surface area contributed by atoms with Gasteiger partial charge in [0.15, 0.2) is 0 Å². The maximum Gasteiger partial charge on any atom is 0.279 e. The number of imide groups is 2. The minimum Gasteiger partial charge on any atom is -0.273 e. The Labute approximate surface area is 279 Å². The molecule has 4 aromatic carbocycles. The van der Waals surface area contributed by atoms with E-state index in [1.165, 1.54) is 0 Å². The normalized spacial score (nSPS) is 10.4. The van der Waals surface area contributed by atoms with Gasteiger partial charge in [-0.1, -0.05) is 98.5 Å². The summed E-state index contributed by atoms with van der Waals surface area (Å²) in [4.78, 5) is 78.0. The van der Waals surface area contributed by atoms with Crippen molar-refractivity contribution in [3.63, 3.8) is 0 Å². The van der Waals surface area contributed by atoms with Crippen molar-refractivity contribution in [1.82, 2.24) is 20.9 Å². The second-order valence-electron chi connectivity index (χ2n) is 11.0. The summed E-state index contributed by atoms with van der Waals surface area (Å²) >= 11 is 0. The Morgan fingerprint density at radius 1 is 0.375 bits per heavy atom. The van der Waals surface area contributed by atoms with Gasteiger partial charge in [0, 0.05) is 35.1 Å². The molecule has 0 unspecified atom stereocenters. The zero-order valence-electron chi connectivity index (χ0n) is 26.5. The van der Waals surface area contributed by atoms with Crippen molar-refractivity contribution in [1.29, 1.82) is 0 Å². The minimum absolute atomic E-state index is 0.0593. The second kappa shape index (κ2) is 18.3. The Morgan fingerprint density at radius 3 is 0.958 bits per heavy atom. The fourth-order valence-electron chi connectivity index (χ4n) is 4.87. The zero-order valence-corrected chi connectivity index (χ0v) is 26.5. The molecule has 0 saturated carbocycles. The van der Waals surface area contributed by atoms with Crippen LogP contribution in [0.25, 0.3) is 0 Å². The van der Waals surface area contributed by atoms with Crippen molar-refractivity contribution >= 4 is 35.4 Å². The van der Waals surface area contributed by atoms with Gasteiger partial charge in [-0.05, 0) is 61.4 Å². The molecule has 0 radical (unpaired) electrons. The molecule has 0 heterocycles. The average Bonchev–Trinajstić information content (AvgIpc) is 3.14. The van der Waals surface area contributed by atoms with E-state index in [-0.39, 0.29) is 24.0 Å². The number of benzene rings is 4. The summed E-state index contributed by atoms with van der Waals surface area (Å²) < 4.78 is 0. The highest BCUT2D eigenvalue weighted by Crippen LogP contribution is 2.14. The highest BCUT2D eigenvalue weighted by Gasteiger charge is 2.26. The quantitative estimate of drug-likeness (QED) is 0.133. The summed E-state index contributed by atoms with van der Waals surface area (Å²) in [7, 11) is 0. The number of amides is 6. The van der Waals surface area contributed by atoms with Crippen molar-refractivity contribution in [3.8, 4) is 0 Å². The van der Waals surface area contributed by atoms with E-state index < -0.39 is 35.4 Å². The Balaban J connectivity index is 1.23. The fraction of sp³-hybridized carbons (Fsp3) is 0.211. The van der Waals surface area contributed by atoms with E-state index in [2.05, 4.69) is 10.9 Å². The lowest BCUT2D eigenvalue weighted by Crippen LogP contribution is -2.49. The van der Waals surface area contributed by atoms with Crippen molar-refractivity contribution in [2.24, 2.45) is 0 Å². The van der Waals surface area contributed by atoms with Crippen LogP contribution in [0.1, 0.15) is 92.8 Å². The van der Waals surface area contributed by atoms with Crippen LogP contribution in [-0.4, -0.2) is 45.5 Å². The second-order valence-corrected chi connectivity index (χ2v) is 11.0. The van der Waals surface area contributed by atoms with E-state index in [9.17, 15) is 28.8 Å². The predicted octanol–water partition coefficient (Wildman–Crippen LogP) is 6.14. The Morgan fingerprint density at radius 2 is 0.646 bits per heavy atom. The number of carbonyl (C=O) groups excluding carboxylic acids is 6. The van der Waals surface area contributed by atoms with E-state index in [0.29, 0.717) is 36.8 Å². The topological polar surface area (TPSA) is 133 Å². The molecule has 10 heteroatoms. The number of hydrogen-bond acceptors (Lipinski definition) is 6. The molecule has 0 bridgehead atoms. The maximum absolute atomic E-state index is 13.1. The third-order valence-electron chi connectivity index (χ3n) is 7.48. The smallest absolute Gasteiger partial charge is 0.273 e. The molecule has 4 aromatic rings. The number of nitrogens with one attached hydrogen (secondary N) is 2. The van der Waals surface area contributed by atoms with Crippen LogP contribution < -0.4 is 10.9 Å². The lowest BCUT2D eigenvalue weighted by Gasteiger charge is -2.22. The van der Waals surface area contributed by atoms with Gasteiger partial charge < -0.3 is 0 Å². The van der Waals surface area contributed by atoms with E-state index in [1.807, 2.05) is 0 Å². The summed E-state index contributed by atoms with van der Waals surface area (Å²) in [5.74, 6) is -3.39. The van der Waals surface area contributed by atoms with Crippen LogP contribution in [0, 0.1) is 0 Å². The van der Waals surface area contributed by atoms with Gasteiger partial charge in [0.25, 0.3) is 23.6 Å². The van der Waals surface area contributed by atoms with E-state index in [4.69, 9.17) is 0 Å². The van der Waals surface area contributed by atoms with Gasteiger partial charge in [-0.25, -0.2) is 0 Å². The Hall–Kier alpha value is -5.90. The van der Waals surface area contributed by atoms with Crippen LogP contribution in [0.2, 0.25) is 0 Å². The number of hydrogen-bond donors (Lipinski definition) is 2. The van der Waals surface area contributed by atoms with E-state index >= 15 is 0 Å². The van der Waals surface area contributed by atoms with Crippen LogP contribution in [0.4, 0.5) is 0 Å². The molecule has 0 aliphatic heterocycles. The van der Waals surface area contributed by atoms with Crippen molar-refractivity contribution in [2.45, 2.75) is 51.4 Å². The van der Waals surface area contributed by atoms with Gasteiger partial charge in [-0.2, -0.15) is 10.0 Å². The van der Waals surface area contributed by atoms with Crippen molar-refractivity contribution in [2.75, 3.05) is 0 Å². The standard InChI is InChI=1S/C38H38N4O6/c43-33(41(37(47)31-23-13-7-14-24-31)39-35(45)29-19-9-5-10-20-29)27-17-3-1-2-4-18-28-34(44)42(38(48)32-25-15-8-16-26-32)40-36(46)30-21-11-6-12-22-30/h5-16,19-26H,1-4,17-18,27-28H2,(H,39,45)(H,40,46). The van der Waals surface area contributed by atoms with Gasteiger partial charge >= 0.3 is 0 Å². The third kappa shape index (κ3) is 10.3. The molecule has 0 aliphatic carbocycles. The summed E-state index contributed by atoms with van der Waals surface area (Å²) in [6, 6.07) is 33.2. The Bertz CT molecular complexity index is 1550. The number of nitrogens with zero attached hydrogens (tertiary/aromatic N) is 2. The molecule has 48 heavy (non-hydrogen) atoms. The number of hydrazine groups is 2. The molecule has 0 atom stereocenters. The predicted molar refractivity (Wildman–Crippen MR) is 180 cm³/mol.